The van der Waals surface area contributed by atoms with E-state index in [4.69, 9.17) is 4.74 Å². The van der Waals surface area contributed by atoms with E-state index in [-0.39, 0.29) is 18.3 Å². The third kappa shape index (κ3) is 5.04. The minimum Gasteiger partial charge on any atom is -0.484 e. The van der Waals surface area contributed by atoms with Crippen LogP contribution >= 0.6 is 0 Å². The fourth-order valence-electron chi connectivity index (χ4n) is 3.56. The molecule has 0 bridgehead atoms. The molecule has 0 aliphatic rings. The van der Waals surface area contributed by atoms with E-state index in [0.717, 1.165) is 16.9 Å². The highest BCUT2D eigenvalue weighted by molar-refractivity contribution is 6.09. The molecule has 0 fully saturated rings. The molecule has 0 saturated carbocycles. The Morgan fingerprint density at radius 1 is 0.882 bits per heavy atom. The molecule has 7 heteroatoms. The van der Waals surface area contributed by atoms with Gasteiger partial charge in [0.05, 0.1) is 22.8 Å². The predicted octanol–water partition coefficient (Wildman–Crippen LogP) is 5.19. The molecule has 1 amide bonds. The topological polar surface area (TPSA) is 73.2 Å². The van der Waals surface area contributed by atoms with Gasteiger partial charge in [0, 0.05) is 11.1 Å². The van der Waals surface area contributed by atoms with Gasteiger partial charge < -0.3 is 10.1 Å². The molecule has 6 nitrogen and oxygen atoms in total. The van der Waals surface area contributed by atoms with Gasteiger partial charge in [0.25, 0.3) is 5.91 Å². The fourth-order valence-corrected chi connectivity index (χ4v) is 3.56. The van der Waals surface area contributed by atoms with E-state index in [9.17, 15) is 14.0 Å². The van der Waals surface area contributed by atoms with Gasteiger partial charge >= 0.3 is 0 Å². The zero-order valence-corrected chi connectivity index (χ0v) is 19.1. The maximum Gasteiger partial charge on any atom is 0.262 e. The quantitative estimate of drug-likeness (QED) is 0.388. The number of carbonyl (C=O) groups excluding carboxylic acids is 2. The summed E-state index contributed by atoms with van der Waals surface area (Å²) < 4.78 is 20.4. The predicted molar refractivity (Wildman–Crippen MR) is 128 cm³/mol. The maximum atomic E-state index is 13.1. The molecule has 34 heavy (non-hydrogen) atoms. The lowest BCUT2D eigenvalue weighted by atomic mass is 10.0. The number of hydrogen-bond acceptors (Lipinski definition) is 4. The van der Waals surface area contributed by atoms with Gasteiger partial charge in [-0.15, -0.1) is 0 Å². The zero-order valence-electron chi connectivity index (χ0n) is 19.1. The number of aromatic nitrogens is 2. The van der Waals surface area contributed by atoms with Crippen LogP contribution in [0.3, 0.4) is 0 Å². The van der Waals surface area contributed by atoms with Crippen molar-refractivity contribution in [2.24, 2.45) is 0 Å². The first-order valence-corrected chi connectivity index (χ1v) is 10.8. The summed E-state index contributed by atoms with van der Waals surface area (Å²) in [6, 6.07) is 19.8. The van der Waals surface area contributed by atoms with Gasteiger partial charge in [-0.05, 0) is 81.4 Å². The smallest absolute Gasteiger partial charge is 0.262 e. The number of ketones is 1. The fraction of sp³-hybridized carbons (Fsp3) is 0.148. The summed E-state index contributed by atoms with van der Waals surface area (Å²) in [7, 11) is 0. The molecule has 0 unspecified atom stereocenters. The number of amides is 1. The highest BCUT2D eigenvalue weighted by Crippen LogP contribution is 2.23. The summed E-state index contributed by atoms with van der Waals surface area (Å²) in [6.07, 6.45) is 0. The van der Waals surface area contributed by atoms with Gasteiger partial charge in [-0.25, -0.2) is 9.07 Å². The highest BCUT2D eigenvalue weighted by Gasteiger charge is 2.16. The van der Waals surface area contributed by atoms with Crippen LogP contribution < -0.4 is 10.1 Å². The molecule has 0 aliphatic heterocycles. The molecule has 1 heterocycles. The minimum absolute atomic E-state index is 0.195. The van der Waals surface area contributed by atoms with E-state index in [2.05, 4.69) is 10.4 Å². The summed E-state index contributed by atoms with van der Waals surface area (Å²) in [5, 5.41) is 7.42. The first-order chi connectivity index (χ1) is 16.3. The van der Waals surface area contributed by atoms with Crippen molar-refractivity contribution in [1.29, 1.82) is 0 Å². The Hall–Kier alpha value is -4.26. The van der Waals surface area contributed by atoms with Gasteiger partial charge in [0.15, 0.2) is 12.4 Å². The molecule has 1 N–H and O–H groups in total. The standard InChI is InChI=1S/C27H24FN3O3/c1-17-4-12-23(13-5-17)31-19(3)26(18(2)30-31)29-25(32)16-34-24-14-8-21(9-15-24)27(33)20-6-10-22(28)11-7-20/h4-15H,16H2,1-3H3,(H,29,32). The SMILES string of the molecule is Cc1ccc(-n2nc(C)c(NC(=O)COc3ccc(C(=O)c4ccc(F)cc4)cc3)c2C)cc1. The summed E-state index contributed by atoms with van der Waals surface area (Å²) in [5.41, 5.74) is 5.08. The molecule has 172 valence electrons. The molecule has 0 spiro atoms. The summed E-state index contributed by atoms with van der Waals surface area (Å²) >= 11 is 0. The Morgan fingerprint density at radius 3 is 2.09 bits per heavy atom. The van der Waals surface area contributed by atoms with Crippen molar-refractivity contribution >= 4 is 17.4 Å². The number of aryl methyl sites for hydroxylation is 2. The Balaban J connectivity index is 1.37. The third-order valence-corrected chi connectivity index (χ3v) is 5.43. The van der Waals surface area contributed by atoms with Gasteiger partial charge in [-0.2, -0.15) is 5.10 Å². The molecule has 0 atom stereocenters. The van der Waals surface area contributed by atoms with E-state index in [0.29, 0.717) is 28.3 Å². The molecule has 4 rings (SSSR count). The van der Waals surface area contributed by atoms with Crippen molar-refractivity contribution in [2.45, 2.75) is 20.8 Å². The number of halogens is 1. The Labute approximate surface area is 197 Å². The molecular weight excluding hydrogens is 433 g/mol. The number of rotatable bonds is 7. The van der Waals surface area contributed by atoms with Crippen LogP contribution in [0, 0.1) is 26.6 Å². The van der Waals surface area contributed by atoms with E-state index in [1.807, 2.05) is 45.0 Å². The number of benzene rings is 3. The van der Waals surface area contributed by atoms with Crippen LogP contribution in [0.2, 0.25) is 0 Å². The van der Waals surface area contributed by atoms with E-state index < -0.39 is 5.82 Å². The molecular formula is C27H24FN3O3. The number of anilines is 1. The molecule has 3 aromatic carbocycles. The number of hydrogen-bond donors (Lipinski definition) is 1. The van der Waals surface area contributed by atoms with Crippen molar-refractivity contribution < 1.29 is 18.7 Å². The first kappa shape index (κ1) is 22.9. The summed E-state index contributed by atoms with van der Waals surface area (Å²) in [6.45, 7) is 5.56. The van der Waals surface area contributed by atoms with Crippen LogP contribution in [0.15, 0.2) is 72.8 Å². The van der Waals surface area contributed by atoms with Crippen LogP contribution in [0.5, 0.6) is 5.75 Å². The molecule has 0 saturated heterocycles. The lowest BCUT2D eigenvalue weighted by Crippen LogP contribution is -2.21. The van der Waals surface area contributed by atoms with Crippen LogP contribution in [0.25, 0.3) is 5.69 Å². The summed E-state index contributed by atoms with van der Waals surface area (Å²) in [5.74, 6) is -0.483. The first-order valence-electron chi connectivity index (χ1n) is 10.8. The second-order valence-electron chi connectivity index (χ2n) is 7.99. The van der Waals surface area contributed by atoms with Crippen molar-refractivity contribution in [3.8, 4) is 11.4 Å². The van der Waals surface area contributed by atoms with Crippen LogP contribution in [-0.4, -0.2) is 28.1 Å². The monoisotopic (exact) mass is 457 g/mol. The van der Waals surface area contributed by atoms with Gasteiger partial charge in [-0.1, -0.05) is 17.7 Å². The zero-order chi connectivity index (χ0) is 24.2. The van der Waals surface area contributed by atoms with Crippen LogP contribution in [-0.2, 0) is 4.79 Å². The Bertz CT molecular complexity index is 1330. The maximum absolute atomic E-state index is 13.1. The van der Waals surface area contributed by atoms with Crippen molar-refractivity contribution in [2.75, 3.05) is 11.9 Å². The second kappa shape index (κ2) is 9.70. The van der Waals surface area contributed by atoms with Gasteiger partial charge in [0.2, 0.25) is 0 Å². The number of ether oxygens (including phenoxy) is 1. The normalized spacial score (nSPS) is 10.7. The average Bonchev–Trinajstić information content (AvgIpc) is 3.12. The Kier molecular flexibility index (Phi) is 6.54. The highest BCUT2D eigenvalue weighted by atomic mass is 19.1. The lowest BCUT2D eigenvalue weighted by Gasteiger charge is -2.09. The number of nitrogens with one attached hydrogen (secondary N) is 1. The van der Waals surface area contributed by atoms with E-state index >= 15 is 0 Å². The molecule has 1 aromatic heterocycles. The molecule has 0 radical (unpaired) electrons. The van der Waals surface area contributed by atoms with Crippen molar-refractivity contribution in [3.05, 3.63) is 107 Å². The van der Waals surface area contributed by atoms with E-state index in [1.54, 1.807) is 28.9 Å². The molecule has 4 aromatic rings. The molecule has 0 aliphatic carbocycles. The van der Waals surface area contributed by atoms with Crippen LogP contribution in [0.1, 0.15) is 32.9 Å². The third-order valence-electron chi connectivity index (χ3n) is 5.43. The lowest BCUT2D eigenvalue weighted by molar-refractivity contribution is -0.118. The van der Waals surface area contributed by atoms with Crippen molar-refractivity contribution in [3.63, 3.8) is 0 Å². The Morgan fingerprint density at radius 2 is 1.47 bits per heavy atom. The van der Waals surface area contributed by atoms with E-state index in [1.165, 1.54) is 24.3 Å². The largest absolute Gasteiger partial charge is 0.484 e. The van der Waals surface area contributed by atoms with Crippen LogP contribution in [0.4, 0.5) is 10.1 Å². The minimum atomic E-state index is -0.397. The second-order valence-corrected chi connectivity index (χ2v) is 7.99. The van der Waals surface area contributed by atoms with Gasteiger partial charge in [0.1, 0.15) is 11.6 Å². The number of nitrogens with zero attached hydrogens (tertiary/aromatic N) is 2. The average molecular weight is 458 g/mol. The van der Waals surface area contributed by atoms with Gasteiger partial charge in [-0.3, -0.25) is 9.59 Å². The van der Waals surface area contributed by atoms with Crippen molar-refractivity contribution in [1.82, 2.24) is 9.78 Å². The number of carbonyl (C=O) groups is 2. The summed E-state index contributed by atoms with van der Waals surface area (Å²) in [4.78, 5) is 25.0.